The number of rotatable bonds is 8. The number of carbonyl (C=O) groups excluding carboxylic acids is 3. The van der Waals surface area contributed by atoms with E-state index in [2.05, 4.69) is 0 Å². The van der Waals surface area contributed by atoms with Gasteiger partial charge in [0.2, 0.25) is 0 Å². The van der Waals surface area contributed by atoms with Crippen LogP contribution in [0, 0.1) is 20.8 Å². The summed E-state index contributed by atoms with van der Waals surface area (Å²) in [6.45, 7) is 0.331. The Morgan fingerprint density at radius 2 is 1.59 bits per heavy atom. The van der Waals surface area contributed by atoms with Gasteiger partial charge in [0.1, 0.15) is 28.9 Å². The average molecular weight is 830 g/mol. The standard InChI is InChI=1S/C18H12I3NO11S/c1-8(23)33-16-12(20)7-11(19)14(15(16)21)18(25)32-5-4-31-17(24)10-3-2-9(34(28,29)30)6-13(10)22(26)27/h2-3,6-7H,4-5H2,1H3,(H,28,29,30)/p-1. The SMILES string of the molecule is CC(=O)Oc1c(I)cc(I)c(C(=O)OCCOC(=O)c2ccc(S(=O)(=O)[O-])cc2[N+](=O)[O-])c1I. The number of carbonyl (C=O) groups is 3. The molecular formula is C18H11I3NO11S-. The first kappa shape index (κ1) is 28.6. The maximum Gasteiger partial charge on any atom is 0.345 e. The van der Waals surface area contributed by atoms with E-state index in [1.54, 1.807) is 6.07 Å². The van der Waals surface area contributed by atoms with Crippen molar-refractivity contribution in [2.75, 3.05) is 13.2 Å². The summed E-state index contributed by atoms with van der Waals surface area (Å²) in [6.07, 6.45) is 0. The highest BCUT2D eigenvalue weighted by Gasteiger charge is 2.25. The lowest BCUT2D eigenvalue weighted by molar-refractivity contribution is -0.385. The zero-order chi connectivity index (χ0) is 25.8. The Bertz CT molecular complexity index is 1290. The molecule has 0 amide bonds. The quantitative estimate of drug-likeness (QED) is 0.0726. The molecule has 16 heteroatoms. The summed E-state index contributed by atoms with van der Waals surface area (Å²) < 4.78 is 49.7. The van der Waals surface area contributed by atoms with Gasteiger partial charge in [-0.1, -0.05) is 0 Å². The molecule has 34 heavy (non-hydrogen) atoms. The van der Waals surface area contributed by atoms with E-state index in [9.17, 15) is 37.5 Å². The fraction of sp³-hybridized carbons (Fsp3) is 0.167. The van der Waals surface area contributed by atoms with Crippen LogP contribution in [0.3, 0.4) is 0 Å². The molecule has 12 nitrogen and oxygen atoms in total. The molecule has 0 unspecified atom stereocenters. The molecule has 0 spiro atoms. The maximum atomic E-state index is 12.5. The van der Waals surface area contributed by atoms with Gasteiger partial charge in [-0.15, -0.1) is 0 Å². The van der Waals surface area contributed by atoms with Gasteiger partial charge in [0.15, 0.2) is 5.75 Å². The van der Waals surface area contributed by atoms with E-state index in [-0.39, 0.29) is 11.3 Å². The Morgan fingerprint density at radius 1 is 1.00 bits per heavy atom. The number of nitro benzene ring substituents is 1. The zero-order valence-electron chi connectivity index (χ0n) is 16.7. The van der Waals surface area contributed by atoms with Crippen molar-refractivity contribution in [3.63, 3.8) is 0 Å². The van der Waals surface area contributed by atoms with Gasteiger partial charge < -0.3 is 18.8 Å². The average Bonchev–Trinajstić information content (AvgIpc) is 2.72. The van der Waals surface area contributed by atoms with Gasteiger partial charge in [-0.25, -0.2) is 18.0 Å². The maximum absolute atomic E-state index is 12.5. The molecule has 0 fully saturated rings. The van der Waals surface area contributed by atoms with Crippen LogP contribution in [-0.2, 0) is 24.4 Å². The van der Waals surface area contributed by atoms with E-state index in [1.165, 1.54) is 6.92 Å². The van der Waals surface area contributed by atoms with Crippen molar-refractivity contribution in [3.8, 4) is 5.75 Å². The van der Waals surface area contributed by atoms with Crippen molar-refractivity contribution in [1.29, 1.82) is 0 Å². The number of halogens is 3. The molecule has 0 bridgehead atoms. The summed E-state index contributed by atoms with van der Waals surface area (Å²) in [7, 11) is -4.97. The highest BCUT2D eigenvalue weighted by atomic mass is 127. The summed E-state index contributed by atoms with van der Waals surface area (Å²) >= 11 is 5.70. The molecule has 0 aromatic heterocycles. The molecule has 182 valence electrons. The summed E-state index contributed by atoms with van der Waals surface area (Å²) in [5.74, 6) is -2.35. The second-order valence-electron chi connectivity index (χ2n) is 6.11. The number of esters is 3. The Balaban J connectivity index is 2.09. The van der Waals surface area contributed by atoms with Crippen molar-refractivity contribution in [3.05, 3.63) is 56.2 Å². The minimum atomic E-state index is -4.97. The Morgan fingerprint density at radius 3 is 2.12 bits per heavy atom. The van der Waals surface area contributed by atoms with E-state index < -0.39 is 62.3 Å². The minimum Gasteiger partial charge on any atom is -0.744 e. The normalized spacial score (nSPS) is 11.0. The molecule has 0 saturated heterocycles. The van der Waals surface area contributed by atoms with Crippen molar-refractivity contribution in [1.82, 2.24) is 0 Å². The molecule has 0 aliphatic rings. The van der Waals surface area contributed by atoms with E-state index in [0.717, 1.165) is 12.1 Å². The van der Waals surface area contributed by atoms with Crippen molar-refractivity contribution in [2.24, 2.45) is 0 Å². The molecule has 0 aliphatic carbocycles. The topological polar surface area (TPSA) is 179 Å². The van der Waals surface area contributed by atoms with Crippen molar-refractivity contribution < 1.29 is 46.5 Å². The van der Waals surface area contributed by atoms with Gasteiger partial charge in [0, 0.05) is 16.6 Å². The fourth-order valence-corrected chi connectivity index (χ4v) is 6.93. The van der Waals surface area contributed by atoms with Crippen LogP contribution in [0.25, 0.3) is 0 Å². The first-order valence-corrected chi connectivity index (χ1v) is 13.3. The van der Waals surface area contributed by atoms with Gasteiger partial charge in [0.25, 0.3) is 5.69 Å². The molecule has 0 aliphatic heterocycles. The van der Waals surface area contributed by atoms with Gasteiger partial charge in [-0.05, 0) is 86.0 Å². The smallest absolute Gasteiger partial charge is 0.345 e. The summed E-state index contributed by atoms with van der Waals surface area (Å²) in [4.78, 5) is 45.3. The number of hydrogen-bond acceptors (Lipinski definition) is 11. The van der Waals surface area contributed by atoms with Gasteiger partial charge >= 0.3 is 17.9 Å². The second kappa shape index (κ2) is 11.9. The lowest BCUT2D eigenvalue weighted by Gasteiger charge is -2.13. The van der Waals surface area contributed by atoms with Gasteiger partial charge in [0.05, 0.1) is 22.5 Å². The van der Waals surface area contributed by atoms with Gasteiger partial charge in [-0.2, -0.15) is 0 Å². The summed E-state index contributed by atoms with van der Waals surface area (Å²) in [5, 5.41) is 11.2. The van der Waals surface area contributed by atoms with Crippen molar-refractivity contribution in [2.45, 2.75) is 11.8 Å². The molecule has 2 aromatic carbocycles. The van der Waals surface area contributed by atoms with Crippen LogP contribution in [0.15, 0.2) is 29.2 Å². The van der Waals surface area contributed by atoms with E-state index in [1.807, 2.05) is 67.8 Å². The first-order valence-electron chi connectivity index (χ1n) is 8.68. The predicted molar refractivity (Wildman–Crippen MR) is 138 cm³/mol. The largest absolute Gasteiger partial charge is 0.744 e. The van der Waals surface area contributed by atoms with Gasteiger partial charge in [-0.3, -0.25) is 14.9 Å². The number of nitrogens with zero attached hydrogens (tertiary/aromatic N) is 1. The molecule has 0 N–H and O–H groups in total. The Kier molecular flexibility index (Phi) is 9.97. The van der Waals surface area contributed by atoms with Crippen LogP contribution in [0.5, 0.6) is 5.75 Å². The van der Waals surface area contributed by atoms with E-state index >= 15 is 0 Å². The molecule has 0 saturated carbocycles. The molecule has 0 atom stereocenters. The third-order valence-corrected chi connectivity index (χ3v) is 7.31. The first-order chi connectivity index (χ1) is 15.7. The Hall–Kier alpha value is -1.65. The van der Waals surface area contributed by atoms with E-state index in [4.69, 9.17) is 14.2 Å². The zero-order valence-corrected chi connectivity index (χ0v) is 24.0. The molecule has 2 rings (SSSR count). The second-order valence-corrected chi connectivity index (χ2v) is 10.9. The summed E-state index contributed by atoms with van der Waals surface area (Å²) in [6, 6.07) is 3.60. The highest BCUT2D eigenvalue weighted by Crippen LogP contribution is 2.34. The third-order valence-electron chi connectivity index (χ3n) is 3.80. The lowest BCUT2D eigenvalue weighted by atomic mass is 10.2. The van der Waals surface area contributed by atoms with Crippen LogP contribution in [-0.4, -0.2) is 49.0 Å². The third kappa shape index (κ3) is 7.18. The lowest BCUT2D eigenvalue weighted by Crippen LogP contribution is -2.17. The highest BCUT2D eigenvalue weighted by molar-refractivity contribution is 14.1. The number of ether oxygens (including phenoxy) is 3. The summed E-state index contributed by atoms with van der Waals surface area (Å²) in [5.41, 5.74) is -1.38. The van der Waals surface area contributed by atoms with E-state index in [0.29, 0.717) is 16.8 Å². The van der Waals surface area contributed by atoms with Crippen LogP contribution in [0.2, 0.25) is 0 Å². The predicted octanol–water partition coefficient (Wildman–Crippen LogP) is 3.25. The molecule has 0 radical (unpaired) electrons. The van der Waals surface area contributed by atoms with Crippen LogP contribution < -0.4 is 4.74 Å². The van der Waals surface area contributed by atoms with Crippen LogP contribution >= 0.6 is 67.8 Å². The molecule has 2 aromatic rings. The molecular weight excluding hydrogens is 819 g/mol. The van der Waals surface area contributed by atoms with Crippen molar-refractivity contribution >= 4 is 101 Å². The minimum absolute atomic E-state index is 0.134. The number of hydrogen-bond donors (Lipinski definition) is 0. The number of benzene rings is 2. The molecule has 0 heterocycles. The monoisotopic (exact) mass is 830 g/mol. The number of nitro groups is 1. The van der Waals surface area contributed by atoms with Crippen LogP contribution in [0.1, 0.15) is 27.6 Å². The van der Waals surface area contributed by atoms with Crippen LogP contribution in [0.4, 0.5) is 5.69 Å². The Labute approximate surface area is 233 Å². The fourth-order valence-electron chi connectivity index (χ4n) is 2.41.